The van der Waals surface area contributed by atoms with Crippen LogP contribution in [0.15, 0.2) is 39.4 Å². The molecule has 0 fully saturated rings. The predicted molar refractivity (Wildman–Crippen MR) is 70.5 cm³/mol. The average molecular weight is 332 g/mol. The summed E-state index contributed by atoms with van der Waals surface area (Å²) in [5.74, 6) is -0.277. The van der Waals surface area contributed by atoms with Crippen LogP contribution in [0.4, 0.5) is 4.39 Å². The number of carbonyl (C=O) groups is 1. The molecule has 0 saturated carbocycles. The van der Waals surface area contributed by atoms with E-state index in [0.717, 1.165) is 0 Å². The van der Waals surface area contributed by atoms with Gasteiger partial charge in [-0.2, -0.15) is 0 Å². The van der Waals surface area contributed by atoms with E-state index in [9.17, 15) is 9.18 Å². The van der Waals surface area contributed by atoms with Crippen molar-refractivity contribution in [2.45, 2.75) is 12.8 Å². The van der Waals surface area contributed by atoms with Crippen molar-refractivity contribution in [3.8, 4) is 0 Å². The molecule has 2 nitrogen and oxygen atoms in total. The largest absolute Gasteiger partial charge is 0.469 e. The van der Waals surface area contributed by atoms with Gasteiger partial charge in [0, 0.05) is 17.3 Å². The molecule has 0 spiro atoms. The lowest BCUT2D eigenvalue weighted by atomic mass is 10.1. The molecule has 94 valence electrons. The molecule has 0 atom stereocenters. The van der Waals surface area contributed by atoms with Gasteiger partial charge in [-0.15, -0.1) is 0 Å². The summed E-state index contributed by atoms with van der Waals surface area (Å²) in [7, 11) is 0. The van der Waals surface area contributed by atoms with E-state index in [0.29, 0.717) is 16.7 Å². The molecule has 18 heavy (non-hydrogen) atoms. The van der Waals surface area contributed by atoms with Gasteiger partial charge in [0.05, 0.1) is 16.8 Å². The second-order valence-electron chi connectivity index (χ2n) is 3.73. The van der Waals surface area contributed by atoms with Crippen LogP contribution in [0.1, 0.15) is 22.5 Å². The standard InChI is InChI=1S/C13H9BrClFO2/c14-10-5-4-9(13(16)12(10)15)11(17)6-3-8-2-1-7-18-8/h1-2,4-5,7H,3,6H2. The first-order chi connectivity index (χ1) is 8.59. The average Bonchev–Trinajstić information content (AvgIpc) is 2.86. The topological polar surface area (TPSA) is 30.2 Å². The summed E-state index contributed by atoms with van der Waals surface area (Å²) in [5, 5.41) is -0.0705. The molecule has 0 amide bonds. The van der Waals surface area contributed by atoms with E-state index in [-0.39, 0.29) is 22.8 Å². The van der Waals surface area contributed by atoms with Gasteiger partial charge in [-0.05, 0) is 40.2 Å². The summed E-state index contributed by atoms with van der Waals surface area (Å²) >= 11 is 8.84. The first-order valence-electron chi connectivity index (χ1n) is 5.28. The van der Waals surface area contributed by atoms with E-state index in [2.05, 4.69) is 15.9 Å². The third-order valence-electron chi connectivity index (χ3n) is 2.51. The fourth-order valence-electron chi connectivity index (χ4n) is 1.57. The quantitative estimate of drug-likeness (QED) is 0.603. The molecular weight excluding hydrogens is 322 g/mol. The van der Waals surface area contributed by atoms with E-state index < -0.39 is 5.82 Å². The third-order valence-corrected chi connectivity index (χ3v) is 3.77. The highest BCUT2D eigenvalue weighted by Gasteiger charge is 2.16. The van der Waals surface area contributed by atoms with Crippen molar-refractivity contribution in [1.82, 2.24) is 0 Å². The molecule has 1 aromatic carbocycles. The van der Waals surface area contributed by atoms with Crippen molar-refractivity contribution < 1.29 is 13.6 Å². The SMILES string of the molecule is O=C(CCc1ccco1)c1ccc(Br)c(Cl)c1F. The molecule has 0 bridgehead atoms. The first-order valence-corrected chi connectivity index (χ1v) is 6.45. The van der Waals surface area contributed by atoms with Gasteiger partial charge < -0.3 is 4.42 Å². The second kappa shape index (κ2) is 5.67. The van der Waals surface area contributed by atoms with Crippen molar-refractivity contribution in [2.24, 2.45) is 0 Å². The highest BCUT2D eigenvalue weighted by atomic mass is 79.9. The van der Waals surface area contributed by atoms with Crippen LogP contribution < -0.4 is 0 Å². The minimum absolute atomic E-state index is 0.00903. The van der Waals surface area contributed by atoms with Crippen molar-refractivity contribution in [1.29, 1.82) is 0 Å². The van der Waals surface area contributed by atoms with Crippen molar-refractivity contribution in [3.63, 3.8) is 0 Å². The van der Waals surface area contributed by atoms with Crippen LogP contribution in [0.2, 0.25) is 5.02 Å². The highest BCUT2D eigenvalue weighted by molar-refractivity contribution is 9.10. The van der Waals surface area contributed by atoms with Crippen molar-refractivity contribution in [2.75, 3.05) is 0 Å². The Labute approximate surface area is 117 Å². The van der Waals surface area contributed by atoms with Gasteiger partial charge in [0.1, 0.15) is 5.76 Å². The summed E-state index contributed by atoms with van der Waals surface area (Å²) in [6.45, 7) is 0. The third kappa shape index (κ3) is 2.82. The Bertz CT molecular complexity index is 567. The lowest BCUT2D eigenvalue weighted by Crippen LogP contribution is -2.04. The molecule has 2 rings (SSSR count). The number of benzene rings is 1. The number of rotatable bonds is 4. The van der Waals surface area contributed by atoms with Crippen molar-refractivity contribution >= 4 is 33.3 Å². The van der Waals surface area contributed by atoms with E-state index >= 15 is 0 Å². The summed E-state index contributed by atoms with van der Waals surface area (Å²) < 4.78 is 19.3. The normalized spacial score (nSPS) is 10.6. The minimum Gasteiger partial charge on any atom is -0.469 e. The molecular formula is C13H9BrClFO2. The van der Waals surface area contributed by atoms with Gasteiger partial charge in [-0.1, -0.05) is 11.6 Å². The summed E-state index contributed by atoms with van der Waals surface area (Å²) in [6, 6.07) is 6.51. The van der Waals surface area contributed by atoms with E-state index in [1.165, 1.54) is 12.3 Å². The second-order valence-corrected chi connectivity index (χ2v) is 4.96. The number of hydrogen-bond acceptors (Lipinski definition) is 2. The molecule has 5 heteroatoms. The van der Waals surface area contributed by atoms with Crippen LogP contribution in [0.25, 0.3) is 0 Å². The fourth-order valence-corrected chi connectivity index (χ4v) is 2.04. The predicted octanol–water partition coefficient (Wildman–Crippen LogP) is 4.65. The molecule has 0 saturated heterocycles. The van der Waals surface area contributed by atoms with Gasteiger partial charge in [0.2, 0.25) is 0 Å². The monoisotopic (exact) mass is 330 g/mol. The summed E-state index contributed by atoms with van der Waals surface area (Å²) in [6.07, 6.45) is 2.16. The maximum Gasteiger partial charge on any atom is 0.166 e. The van der Waals surface area contributed by atoms with Gasteiger partial charge in [-0.25, -0.2) is 4.39 Å². The molecule has 1 aromatic heterocycles. The Morgan fingerprint density at radius 2 is 2.17 bits per heavy atom. The number of ketones is 1. The molecule has 0 unspecified atom stereocenters. The van der Waals surface area contributed by atoms with Crippen LogP contribution in [0, 0.1) is 5.82 Å². The lowest BCUT2D eigenvalue weighted by Gasteiger charge is -2.04. The number of carbonyl (C=O) groups excluding carboxylic acids is 1. The summed E-state index contributed by atoms with van der Waals surface area (Å²) in [5.41, 5.74) is 0.00903. The molecule has 1 heterocycles. The molecule has 2 aromatic rings. The van der Waals surface area contributed by atoms with Gasteiger partial charge in [-0.3, -0.25) is 4.79 Å². The Balaban J connectivity index is 2.12. The molecule has 0 aliphatic heterocycles. The summed E-state index contributed by atoms with van der Waals surface area (Å²) in [4.78, 5) is 11.9. The van der Waals surface area contributed by atoms with E-state index in [1.807, 2.05) is 0 Å². The van der Waals surface area contributed by atoms with Gasteiger partial charge in [0.15, 0.2) is 11.6 Å². The molecule has 0 radical (unpaired) electrons. The van der Waals surface area contributed by atoms with Crippen LogP contribution in [0.5, 0.6) is 0 Å². The van der Waals surface area contributed by atoms with Crippen LogP contribution in [-0.2, 0) is 6.42 Å². The lowest BCUT2D eigenvalue weighted by molar-refractivity contribution is 0.0977. The minimum atomic E-state index is -0.685. The number of hydrogen-bond donors (Lipinski definition) is 0. The Hall–Kier alpha value is -1.13. The fraction of sp³-hybridized carbons (Fsp3) is 0.154. The number of furan rings is 1. The number of aryl methyl sites for hydroxylation is 1. The first kappa shape index (κ1) is 13.3. The number of Topliss-reactive ketones (excluding diaryl/α,β-unsaturated/α-hetero) is 1. The zero-order chi connectivity index (χ0) is 13.1. The van der Waals surface area contributed by atoms with Gasteiger partial charge in [0.25, 0.3) is 0 Å². The molecule has 0 aliphatic carbocycles. The zero-order valence-electron chi connectivity index (χ0n) is 9.25. The zero-order valence-corrected chi connectivity index (χ0v) is 11.6. The smallest absolute Gasteiger partial charge is 0.166 e. The number of halogens is 3. The highest BCUT2D eigenvalue weighted by Crippen LogP contribution is 2.28. The van der Waals surface area contributed by atoms with Crippen molar-refractivity contribution in [3.05, 3.63) is 57.2 Å². The molecule has 0 aliphatic rings. The molecule has 0 N–H and O–H groups in total. The van der Waals surface area contributed by atoms with E-state index in [1.54, 1.807) is 18.2 Å². The Morgan fingerprint density at radius 1 is 1.39 bits per heavy atom. The van der Waals surface area contributed by atoms with Crippen LogP contribution in [-0.4, -0.2) is 5.78 Å². The Kier molecular flexibility index (Phi) is 4.19. The van der Waals surface area contributed by atoms with Crippen LogP contribution >= 0.6 is 27.5 Å². The van der Waals surface area contributed by atoms with Gasteiger partial charge >= 0.3 is 0 Å². The maximum absolute atomic E-state index is 13.8. The van der Waals surface area contributed by atoms with Crippen LogP contribution in [0.3, 0.4) is 0 Å². The van der Waals surface area contributed by atoms with E-state index in [4.69, 9.17) is 16.0 Å². The maximum atomic E-state index is 13.8. The Morgan fingerprint density at radius 3 is 2.83 bits per heavy atom.